The molecule has 2 aromatic rings. The van der Waals surface area contributed by atoms with Crippen LogP contribution < -0.4 is 10.6 Å². The molecule has 2 unspecified atom stereocenters. The number of carbonyl (C=O) groups is 1. The molecule has 1 amide bonds. The molecule has 1 fully saturated rings. The van der Waals surface area contributed by atoms with Gasteiger partial charge in [-0.2, -0.15) is 5.10 Å². The van der Waals surface area contributed by atoms with Crippen LogP contribution >= 0.6 is 11.6 Å². The van der Waals surface area contributed by atoms with Crippen molar-refractivity contribution in [1.82, 2.24) is 20.8 Å². The number of H-pyrrole nitrogens is 1. The summed E-state index contributed by atoms with van der Waals surface area (Å²) < 4.78 is 0. The van der Waals surface area contributed by atoms with E-state index < -0.39 is 0 Å². The van der Waals surface area contributed by atoms with Gasteiger partial charge in [-0.1, -0.05) is 36.7 Å². The van der Waals surface area contributed by atoms with Gasteiger partial charge < -0.3 is 10.6 Å². The quantitative estimate of drug-likeness (QED) is 0.814. The number of benzene rings is 1. The zero-order valence-corrected chi connectivity index (χ0v) is 13.2. The minimum atomic E-state index is -0.121. The number of hydrogen-bond donors (Lipinski definition) is 3. The number of halogens is 1. The third-order valence-electron chi connectivity index (χ3n) is 4.17. The van der Waals surface area contributed by atoms with Crippen LogP contribution in [0.1, 0.15) is 23.7 Å². The molecular formula is C16H19ClN4O. The molecule has 1 saturated heterocycles. The number of piperidine rings is 1. The van der Waals surface area contributed by atoms with Crippen molar-refractivity contribution in [3.63, 3.8) is 0 Å². The lowest BCUT2D eigenvalue weighted by molar-refractivity contribution is 0.0916. The van der Waals surface area contributed by atoms with Crippen LogP contribution in [-0.4, -0.2) is 35.2 Å². The number of hydrogen-bond acceptors (Lipinski definition) is 3. The summed E-state index contributed by atoms with van der Waals surface area (Å²) in [6.07, 6.45) is 2.61. The Balaban J connectivity index is 1.82. The molecule has 22 heavy (non-hydrogen) atoms. The Hall–Kier alpha value is -1.85. The number of carbonyl (C=O) groups excluding carboxylic acids is 1. The summed E-state index contributed by atoms with van der Waals surface area (Å²) in [6, 6.07) is 7.55. The zero-order chi connectivity index (χ0) is 15.5. The Labute approximate surface area is 134 Å². The van der Waals surface area contributed by atoms with E-state index in [1.807, 2.05) is 18.2 Å². The van der Waals surface area contributed by atoms with Gasteiger partial charge in [-0.15, -0.1) is 0 Å². The Bertz CT molecular complexity index is 670. The van der Waals surface area contributed by atoms with Gasteiger partial charge in [0.2, 0.25) is 0 Å². The van der Waals surface area contributed by atoms with Crippen LogP contribution in [0.3, 0.4) is 0 Å². The molecule has 1 aliphatic heterocycles. The van der Waals surface area contributed by atoms with Gasteiger partial charge >= 0.3 is 0 Å². The Morgan fingerprint density at radius 2 is 2.23 bits per heavy atom. The molecule has 1 aromatic carbocycles. The first-order valence-corrected chi connectivity index (χ1v) is 7.84. The van der Waals surface area contributed by atoms with E-state index in [0.29, 0.717) is 22.2 Å². The van der Waals surface area contributed by atoms with E-state index in [1.54, 1.807) is 12.3 Å². The molecule has 2 atom stereocenters. The third kappa shape index (κ3) is 3.00. The lowest BCUT2D eigenvalue weighted by Crippen LogP contribution is -2.50. The molecule has 0 bridgehead atoms. The van der Waals surface area contributed by atoms with Gasteiger partial charge in [-0.05, 0) is 24.9 Å². The Morgan fingerprint density at radius 1 is 1.41 bits per heavy atom. The van der Waals surface area contributed by atoms with Gasteiger partial charge in [-0.3, -0.25) is 9.89 Å². The monoisotopic (exact) mass is 318 g/mol. The second kappa shape index (κ2) is 6.50. The first-order chi connectivity index (χ1) is 10.7. The van der Waals surface area contributed by atoms with Crippen LogP contribution in [0.5, 0.6) is 0 Å². The summed E-state index contributed by atoms with van der Waals surface area (Å²) in [5.74, 6) is 0.338. The second-order valence-corrected chi connectivity index (χ2v) is 6.10. The van der Waals surface area contributed by atoms with Gasteiger partial charge in [0.15, 0.2) is 0 Å². The molecule has 116 valence electrons. The maximum Gasteiger partial charge on any atom is 0.255 e. The van der Waals surface area contributed by atoms with Crippen LogP contribution in [0.4, 0.5) is 0 Å². The molecule has 0 radical (unpaired) electrons. The van der Waals surface area contributed by atoms with Crippen LogP contribution in [0, 0.1) is 5.92 Å². The highest BCUT2D eigenvalue weighted by Crippen LogP contribution is 2.28. The molecule has 3 rings (SSSR count). The first-order valence-electron chi connectivity index (χ1n) is 7.46. The molecule has 2 heterocycles. The van der Waals surface area contributed by atoms with Crippen LogP contribution in [0.2, 0.25) is 5.02 Å². The number of nitrogens with zero attached hydrogens (tertiary/aromatic N) is 1. The molecule has 3 N–H and O–H groups in total. The fourth-order valence-corrected chi connectivity index (χ4v) is 2.99. The van der Waals surface area contributed by atoms with E-state index in [9.17, 15) is 4.79 Å². The normalized spacial score (nSPS) is 21.5. The first kappa shape index (κ1) is 15.1. The van der Waals surface area contributed by atoms with E-state index in [4.69, 9.17) is 11.6 Å². The molecule has 1 aliphatic rings. The van der Waals surface area contributed by atoms with Crippen LogP contribution in [-0.2, 0) is 0 Å². The lowest BCUT2D eigenvalue weighted by Gasteiger charge is -2.30. The molecule has 0 aliphatic carbocycles. The van der Waals surface area contributed by atoms with Gasteiger partial charge in [-0.25, -0.2) is 0 Å². The van der Waals surface area contributed by atoms with E-state index in [-0.39, 0.29) is 11.9 Å². The molecule has 5 nitrogen and oxygen atoms in total. The van der Waals surface area contributed by atoms with Crippen LogP contribution in [0.25, 0.3) is 11.3 Å². The fraction of sp³-hybridized carbons (Fsp3) is 0.375. The average Bonchev–Trinajstić information content (AvgIpc) is 2.99. The van der Waals surface area contributed by atoms with Crippen molar-refractivity contribution in [2.24, 2.45) is 5.92 Å². The summed E-state index contributed by atoms with van der Waals surface area (Å²) in [5.41, 5.74) is 1.95. The number of aromatic amines is 1. The van der Waals surface area contributed by atoms with E-state index in [1.165, 1.54) is 0 Å². The maximum atomic E-state index is 12.6. The maximum absolute atomic E-state index is 12.6. The second-order valence-electron chi connectivity index (χ2n) is 5.69. The van der Waals surface area contributed by atoms with Gasteiger partial charge in [0.05, 0.1) is 17.5 Å². The van der Waals surface area contributed by atoms with E-state index in [2.05, 4.69) is 27.8 Å². The highest BCUT2D eigenvalue weighted by Gasteiger charge is 2.25. The van der Waals surface area contributed by atoms with Gasteiger partial charge in [0.25, 0.3) is 5.91 Å². The highest BCUT2D eigenvalue weighted by atomic mass is 35.5. The highest BCUT2D eigenvalue weighted by molar-refractivity contribution is 6.33. The number of rotatable bonds is 3. The Kier molecular flexibility index (Phi) is 4.45. The van der Waals surface area contributed by atoms with Crippen molar-refractivity contribution >= 4 is 17.5 Å². The minimum absolute atomic E-state index is 0.121. The number of aromatic nitrogens is 2. The van der Waals surface area contributed by atoms with Crippen molar-refractivity contribution in [3.05, 3.63) is 41.0 Å². The van der Waals surface area contributed by atoms with Crippen molar-refractivity contribution in [2.45, 2.75) is 19.4 Å². The lowest BCUT2D eigenvalue weighted by atomic mass is 9.94. The third-order valence-corrected chi connectivity index (χ3v) is 4.50. The zero-order valence-electron chi connectivity index (χ0n) is 12.4. The average molecular weight is 319 g/mol. The summed E-state index contributed by atoms with van der Waals surface area (Å²) >= 11 is 6.22. The van der Waals surface area contributed by atoms with E-state index in [0.717, 1.165) is 25.1 Å². The predicted octanol–water partition coefficient (Wildman–Crippen LogP) is 2.46. The van der Waals surface area contributed by atoms with Crippen molar-refractivity contribution in [3.8, 4) is 11.3 Å². The molecule has 0 saturated carbocycles. The molecule has 6 heteroatoms. The molecule has 0 spiro atoms. The summed E-state index contributed by atoms with van der Waals surface area (Å²) in [5, 5.41) is 13.9. The SMILES string of the molecule is CC1CCNCC1NC(=O)c1cn[nH]c1-c1ccccc1Cl. The van der Waals surface area contributed by atoms with Gasteiger partial charge in [0.1, 0.15) is 0 Å². The largest absolute Gasteiger partial charge is 0.348 e. The summed E-state index contributed by atoms with van der Waals surface area (Å²) in [4.78, 5) is 12.6. The van der Waals surface area contributed by atoms with Crippen LogP contribution in [0.15, 0.2) is 30.5 Å². The fourth-order valence-electron chi connectivity index (χ4n) is 2.76. The standard InChI is InChI=1S/C16H19ClN4O/c1-10-6-7-18-9-14(10)20-16(22)12-8-19-21-15(12)11-4-2-3-5-13(11)17/h2-5,8,10,14,18H,6-7,9H2,1H3,(H,19,21)(H,20,22). The predicted molar refractivity (Wildman–Crippen MR) is 86.9 cm³/mol. The molecular weight excluding hydrogens is 300 g/mol. The van der Waals surface area contributed by atoms with Crippen molar-refractivity contribution < 1.29 is 4.79 Å². The number of amides is 1. The topological polar surface area (TPSA) is 69.8 Å². The smallest absolute Gasteiger partial charge is 0.255 e. The molecule has 1 aromatic heterocycles. The van der Waals surface area contributed by atoms with Crippen molar-refractivity contribution in [2.75, 3.05) is 13.1 Å². The van der Waals surface area contributed by atoms with Gasteiger partial charge in [0, 0.05) is 23.2 Å². The summed E-state index contributed by atoms with van der Waals surface area (Å²) in [6.45, 7) is 3.96. The number of nitrogens with one attached hydrogen (secondary N) is 3. The van der Waals surface area contributed by atoms with E-state index >= 15 is 0 Å². The summed E-state index contributed by atoms with van der Waals surface area (Å²) in [7, 11) is 0. The van der Waals surface area contributed by atoms with Crippen molar-refractivity contribution in [1.29, 1.82) is 0 Å². The minimum Gasteiger partial charge on any atom is -0.348 e. The Morgan fingerprint density at radius 3 is 3.00 bits per heavy atom.